The number of anilines is 1. The Labute approximate surface area is 133 Å². The van der Waals surface area contributed by atoms with Crippen LogP contribution in [0, 0.1) is 0 Å². The number of nitrogens with zero attached hydrogens (tertiary/aromatic N) is 1. The molecule has 5 heteroatoms. The highest BCUT2D eigenvalue weighted by Gasteiger charge is 2.33. The van der Waals surface area contributed by atoms with E-state index in [0.717, 1.165) is 11.3 Å². The molecule has 0 bridgehead atoms. The van der Waals surface area contributed by atoms with Gasteiger partial charge in [0, 0.05) is 18.1 Å². The third-order valence-corrected chi connectivity index (χ3v) is 3.86. The van der Waals surface area contributed by atoms with Gasteiger partial charge < -0.3 is 14.7 Å². The number of hydrogen-bond donors (Lipinski definition) is 1. The van der Waals surface area contributed by atoms with Crippen LogP contribution >= 0.6 is 11.6 Å². The minimum Gasteiger partial charge on any atom is -0.478 e. The molecule has 0 spiro atoms. The van der Waals surface area contributed by atoms with Crippen molar-refractivity contribution in [3.05, 3.63) is 59.1 Å². The van der Waals surface area contributed by atoms with Gasteiger partial charge in [0.15, 0.2) is 6.10 Å². The molecular formula is C17H16ClNO3. The average Bonchev–Trinajstić information content (AvgIpc) is 2.53. The Morgan fingerprint density at radius 2 is 1.86 bits per heavy atom. The second kappa shape index (κ2) is 6.38. The van der Waals surface area contributed by atoms with Gasteiger partial charge in [0.2, 0.25) is 0 Å². The molecule has 4 nitrogen and oxygen atoms in total. The number of ether oxygens (including phenoxy) is 1. The van der Waals surface area contributed by atoms with Crippen LogP contribution in [0.15, 0.2) is 48.5 Å². The van der Waals surface area contributed by atoms with Gasteiger partial charge in [-0.15, -0.1) is 0 Å². The normalized spacial score (nSPS) is 17.1. The van der Waals surface area contributed by atoms with Gasteiger partial charge in [0.05, 0.1) is 12.2 Å². The second-order valence-corrected chi connectivity index (χ2v) is 5.57. The molecule has 1 N–H and O–H groups in total. The predicted molar refractivity (Wildman–Crippen MR) is 85.2 cm³/mol. The Morgan fingerprint density at radius 3 is 2.59 bits per heavy atom. The maximum absolute atomic E-state index is 12.6. The largest absolute Gasteiger partial charge is 0.478 e. The van der Waals surface area contributed by atoms with E-state index in [1.807, 2.05) is 36.4 Å². The van der Waals surface area contributed by atoms with Gasteiger partial charge in [-0.25, -0.2) is 0 Å². The molecule has 1 unspecified atom stereocenters. The lowest BCUT2D eigenvalue weighted by atomic mass is 10.1. The number of carbonyl (C=O) groups excluding carboxylic acids is 1. The Bertz CT molecular complexity index is 672. The number of amides is 1. The molecule has 114 valence electrons. The van der Waals surface area contributed by atoms with Crippen molar-refractivity contribution in [3.8, 4) is 5.75 Å². The standard InChI is InChI=1S/C17H16ClNO3/c18-13-7-5-12(6-8-13)11-19-14-3-1-2-4-15(14)22-16(9-10-20)17(19)21/h1-8,16,20H,9-11H2. The fourth-order valence-corrected chi connectivity index (χ4v) is 2.64. The number of aliphatic hydroxyl groups is 1. The highest BCUT2D eigenvalue weighted by molar-refractivity contribution is 6.30. The summed E-state index contributed by atoms with van der Waals surface area (Å²) in [5, 5.41) is 9.79. The zero-order valence-electron chi connectivity index (χ0n) is 11.9. The van der Waals surface area contributed by atoms with Gasteiger partial charge in [-0.05, 0) is 29.8 Å². The second-order valence-electron chi connectivity index (χ2n) is 5.14. The predicted octanol–water partition coefficient (Wildman–Crippen LogP) is 3.02. The van der Waals surface area contributed by atoms with Crippen molar-refractivity contribution in [1.29, 1.82) is 0 Å². The third-order valence-electron chi connectivity index (χ3n) is 3.61. The van der Waals surface area contributed by atoms with E-state index in [4.69, 9.17) is 21.4 Å². The van der Waals surface area contributed by atoms with Gasteiger partial charge in [0.25, 0.3) is 5.91 Å². The number of para-hydroxylation sites is 2. The summed E-state index contributed by atoms with van der Waals surface area (Å²) in [5.41, 5.74) is 1.73. The molecule has 1 amide bonds. The lowest BCUT2D eigenvalue weighted by Crippen LogP contribution is -2.45. The quantitative estimate of drug-likeness (QED) is 0.943. The number of benzene rings is 2. The molecule has 1 atom stereocenters. The molecule has 2 aromatic rings. The van der Waals surface area contributed by atoms with Crippen molar-refractivity contribution in [1.82, 2.24) is 0 Å². The smallest absolute Gasteiger partial charge is 0.268 e. The van der Waals surface area contributed by atoms with Crippen LogP contribution in [0.25, 0.3) is 0 Å². The molecule has 22 heavy (non-hydrogen) atoms. The van der Waals surface area contributed by atoms with E-state index < -0.39 is 6.10 Å². The monoisotopic (exact) mass is 317 g/mol. The number of carbonyl (C=O) groups is 1. The summed E-state index contributed by atoms with van der Waals surface area (Å²) in [4.78, 5) is 14.3. The first kappa shape index (κ1) is 14.9. The molecule has 0 radical (unpaired) electrons. The molecule has 0 aliphatic carbocycles. The number of hydrogen-bond acceptors (Lipinski definition) is 3. The molecule has 0 fully saturated rings. The Hall–Kier alpha value is -2.04. The van der Waals surface area contributed by atoms with E-state index in [2.05, 4.69) is 0 Å². The van der Waals surface area contributed by atoms with Crippen LogP contribution < -0.4 is 9.64 Å². The summed E-state index contributed by atoms with van der Waals surface area (Å²) in [7, 11) is 0. The van der Waals surface area contributed by atoms with Crippen LogP contribution in [0.3, 0.4) is 0 Å². The van der Waals surface area contributed by atoms with Crippen LogP contribution in [0.4, 0.5) is 5.69 Å². The highest BCUT2D eigenvalue weighted by Crippen LogP contribution is 2.35. The average molecular weight is 318 g/mol. The highest BCUT2D eigenvalue weighted by atomic mass is 35.5. The zero-order valence-corrected chi connectivity index (χ0v) is 12.7. The maximum Gasteiger partial charge on any atom is 0.268 e. The first-order chi connectivity index (χ1) is 10.7. The Morgan fingerprint density at radius 1 is 1.14 bits per heavy atom. The lowest BCUT2D eigenvalue weighted by Gasteiger charge is -2.34. The van der Waals surface area contributed by atoms with Crippen molar-refractivity contribution in [3.63, 3.8) is 0 Å². The van der Waals surface area contributed by atoms with E-state index in [9.17, 15) is 4.79 Å². The van der Waals surface area contributed by atoms with Crippen LogP contribution in [-0.2, 0) is 11.3 Å². The van der Waals surface area contributed by atoms with Crippen molar-refractivity contribution in [2.75, 3.05) is 11.5 Å². The van der Waals surface area contributed by atoms with Crippen LogP contribution in [0.1, 0.15) is 12.0 Å². The third kappa shape index (κ3) is 2.93. The van der Waals surface area contributed by atoms with Crippen molar-refractivity contribution in [2.45, 2.75) is 19.1 Å². The molecular weight excluding hydrogens is 302 g/mol. The molecule has 1 heterocycles. The molecule has 0 saturated carbocycles. The minimum atomic E-state index is -0.646. The SMILES string of the molecule is O=C1C(CCO)Oc2ccccc2N1Cc1ccc(Cl)cc1. The van der Waals surface area contributed by atoms with Crippen LogP contribution in [-0.4, -0.2) is 23.7 Å². The fraction of sp³-hybridized carbons (Fsp3) is 0.235. The zero-order chi connectivity index (χ0) is 15.5. The molecule has 0 aromatic heterocycles. The van der Waals surface area contributed by atoms with E-state index in [1.54, 1.807) is 17.0 Å². The van der Waals surface area contributed by atoms with Gasteiger partial charge in [-0.2, -0.15) is 0 Å². The first-order valence-electron chi connectivity index (χ1n) is 7.11. The van der Waals surface area contributed by atoms with Crippen molar-refractivity contribution >= 4 is 23.2 Å². The van der Waals surface area contributed by atoms with Gasteiger partial charge >= 0.3 is 0 Å². The van der Waals surface area contributed by atoms with Crippen molar-refractivity contribution < 1.29 is 14.6 Å². The fourth-order valence-electron chi connectivity index (χ4n) is 2.51. The van der Waals surface area contributed by atoms with Gasteiger partial charge in [-0.3, -0.25) is 4.79 Å². The molecule has 3 rings (SSSR count). The lowest BCUT2D eigenvalue weighted by molar-refractivity contribution is -0.127. The van der Waals surface area contributed by atoms with Gasteiger partial charge in [-0.1, -0.05) is 35.9 Å². The number of fused-ring (bicyclic) bond motifs is 1. The summed E-state index contributed by atoms with van der Waals surface area (Å²) in [5.74, 6) is 0.525. The van der Waals surface area contributed by atoms with Gasteiger partial charge in [0.1, 0.15) is 5.75 Å². The van der Waals surface area contributed by atoms with E-state index in [1.165, 1.54) is 0 Å². The van der Waals surface area contributed by atoms with E-state index in [0.29, 0.717) is 17.3 Å². The van der Waals surface area contributed by atoms with Crippen LogP contribution in [0.2, 0.25) is 5.02 Å². The molecule has 0 saturated heterocycles. The summed E-state index contributed by atoms with van der Waals surface area (Å²) >= 11 is 5.90. The Balaban J connectivity index is 1.92. The Kier molecular flexibility index (Phi) is 4.32. The van der Waals surface area contributed by atoms with Crippen molar-refractivity contribution in [2.24, 2.45) is 0 Å². The topological polar surface area (TPSA) is 49.8 Å². The summed E-state index contributed by atoms with van der Waals surface area (Å²) in [6.07, 6.45) is -0.364. The number of aliphatic hydroxyl groups excluding tert-OH is 1. The summed E-state index contributed by atoms with van der Waals surface area (Å²) < 4.78 is 5.70. The first-order valence-corrected chi connectivity index (χ1v) is 7.49. The summed E-state index contributed by atoms with van der Waals surface area (Å²) in [6, 6.07) is 14.8. The van der Waals surface area contributed by atoms with Crippen LogP contribution in [0.5, 0.6) is 5.75 Å². The molecule has 1 aliphatic rings. The van der Waals surface area contributed by atoms with E-state index in [-0.39, 0.29) is 18.9 Å². The minimum absolute atomic E-state index is 0.0899. The summed E-state index contributed by atoms with van der Waals surface area (Å²) in [6.45, 7) is 0.353. The molecule has 2 aromatic carbocycles. The number of rotatable bonds is 4. The number of halogens is 1. The van der Waals surface area contributed by atoms with E-state index >= 15 is 0 Å². The maximum atomic E-state index is 12.6. The molecule has 1 aliphatic heterocycles.